The minimum atomic E-state index is -0.530. The lowest BCUT2D eigenvalue weighted by Crippen LogP contribution is -2.59. The summed E-state index contributed by atoms with van der Waals surface area (Å²) in [5, 5.41) is 12.0. The van der Waals surface area contributed by atoms with Crippen molar-refractivity contribution in [1.82, 2.24) is 9.37 Å². The summed E-state index contributed by atoms with van der Waals surface area (Å²) in [6, 6.07) is 14.6. The number of carbonyl (C=O) groups excluding carboxylic acids is 2. The van der Waals surface area contributed by atoms with Gasteiger partial charge in [0.05, 0.1) is 11.3 Å². The molecule has 1 fully saturated rings. The molecule has 0 aromatic heterocycles. The molecule has 0 saturated carbocycles. The molecular formula is C18H17N3O5S. The predicted octanol–water partition coefficient (Wildman–Crippen LogP) is 3.01. The van der Waals surface area contributed by atoms with Gasteiger partial charge in [-0.05, 0) is 29.6 Å². The summed E-state index contributed by atoms with van der Waals surface area (Å²) in [6.45, 7) is 0.159. The summed E-state index contributed by atoms with van der Waals surface area (Å²) >= 11 is 1.22. The number of nitrogens with zero attached hydrogens (tertiary/aromatic N) is 3. The summed E-state index contributed by atoms with van der Waals surface area (Å²) in [5.74, 6) is -0.547. The van der Waals surface area contributed by atoms with Crippen molar-refractivity contribution in [3.63, 3.8) is 0 Å². The van der Waals surface area contributed by atoms with E-state index in [9.17, 15) is 19.7 Å². The van der Waals surface area contributed by atoms with Crippen molar-refractivity contribution in [2.75, 3.05) is 6.26 Å². The van der Waals surface area contributed by atoms with Crippen LogP contribution in [0.3, 0.4) is 0 Å². The van der Waals surface area contributed by atoms with Crippen LogP contribution in [0.25, 0.3) is 0 Å². The first kappa shape index (κ1) is 18.9. The minimum absolute atomic E-state index is 0.0858. The lowest BCUT2D eigenvalue weighted by atomic mass is 10.1. The summed E-state index contributed by atoms with van der Waals surface area (Å²) in [6.07, 6.45) is 1.38. The molecule has 1 saturated heterocycles. The van der Waals surface area contributed by atoms with Crippen LogP contribution in [0.2, 0.25) is 0 Å². The number of hydrogen-bond donors (Lipinski definition) is 0. The van der Waals surface area contributed by atoms with Crippen LogP contribution >= 0.6 is 11.9 Å². The molecule has 9 heteroatoms. The Morgan fingerprint density at radius 3 is 2.48 bits per heavy atom. The van der Waals surface area contributed by atoms with Gasteiger partial charge in [0.1, 0.15) is 6.61 Å². The van der Waals surface area contributed by atoms with Crippen molar-refractivity contribution in [2.24, 2.45) is 0 Å². The fourth-order valence-corrected chi connectivity index (χ4v) is 3.32. The Labute approximate surface area is 159 Å². The normalized spacial score (nSPS) is 16.0. The molecule has 0 N–H and O–H groups in total. The highest BCUT2D eigenvalue weighted by Gasteiger charge is 2.43. The van der Waals surface area contributed by atoms with E-state index in [0.717, 1.165) is 5.56 Å². The van der Waals surface area contributed by atoms with Crippen molar-refractivity contribution < 1.29 is 19.3 Å². The molecule has 1 atom stereocenters. The number of non-ortho nitro benzene ring substituents is 1. The maximum Gasteiger partial charge on any atom is 0.279 e. The quantitative estimate of drug-likeness (QED) is 0.314. The lowest BCUT2D eigenvalue weighted by Gasteiger charge is -2.43. The van der Waals surface area contributed by atoms with Crippen LogP contribution in [-0.2, 0) is 16.2 Å². The van der Waals surface area contributed by atoms with Gasteiger partial charge in [-0.2, -0.15) is 5.06 Å². The minimum Gasteiger partial charge on any atom is -0.274 e. The largest absolute Gasteiger partial charge is 0.279 e. The molecule has 2 aromatic carbocycles. The average Bonchev–Trinajstić information content (AvgIpc) is 2.68. The van der Waals surface area contributed by atoms with Gasteiger partial charge < -0.3 is 0 Å². The Morgan fingerprint density at radius 2 is 1.93 bits per heavy atom. The molecule has 140 valence electrons. The van der Waals surface area contributed by atoms with Crippen molar-refractivity contribution >= 4 is 29.4 Å². The molecule has 8 nitrogen and oxygen atoms in total. The Hall–Kier alpha value is -2.91. The Morgan fingerprint density at radius 1 is 1.26 bits per heavy atom. The van der Waals surface area contributed by atoms with E-state index in [1.165, 1.54) is 45.6 Å². The maximum absolute atomic E-state index is 12.9. The molecule has 27 heavy (non-hydrogen) atoms. The van der Waals surface area contributed by atoms with Gasteiger partial charge in [-0.15, -0.1) is 0 Å². The van der Waals surface area contributed by atoms with Gasteiger partial charge in [-0.1, -0.05) is 30.3 Å². The number of carbonyl (C=O) groups is 2. The van der Waals surface area contributed by atoms with Gasteiger partial charge in [0.2, 0.25) is 5.91 Å². The van der Waals surface area contributed by atoms with E-state index in [1.807, 2.05) is 30.3 Å². The number of amides is 2. The van der Waals surface area contributed by atoms with Crippen LogP contribution in [0.1, 0.15) is 22.3 Å². The van der Waals surface area contributed by atoms with Gasteiger partial charge in [0.15, 0.2) is 6.17 Å². The second kappa shape index (κ2) is 8.19. The standard InChI is InChI=1S/C18H17N3O5S/c1-27-20-16(11-17(20)22)19(26-12-13-5-3-2-4-6-13)18(23)14-7-9-15(10-8-14)21(24)25/h2-10,16H,11-12H2,1H3. The van der Waals surface area contributed by atoms with Crippen molar-refractivity contribution in [2.45, 2.75) is 19.2 Å². The van der Waals surface area contributed by atoms with E-state index < -0.39 is 17.0 Å². The van der Waals surface area contributed by atoms with Crippen LogP contribution in [0.5, 0.6) is 0 Å². The molecule has 0 radical (unpaired) electrons. The number of benzene rings is 2. The van der Waals surface area contributed by atoms with E-state index in [2.05, 4.69) is 0 Å². The zero-order valence-corrected chi connectivity index (χ0v) is 15.3. The van der Waals surface area contributed by atoms with Crippen LogP contribution < -0.4 is 0 Å². The highest BCUT2D eigenvalue weighted by Crippen LogP contribution is 2.31. The molecule has 0 spiro atoms. The summed E-state index contributed by atoms with van der Waals surface area (Å²) in [4.78, 5) is 40.7. The Kier molecular flexibility index (Phi) is 5.72. The van der Waals surface area contributed by atoms with E-state index in [1.54, 1.807) is 6.26 Å². The third-order valence-electron chi connectivity index (χ3n) is 4.08. The smallest absolute Gasteiger partial charge is 0.274 e. The molecule has 2 amide bonds. The first-order valence-corrected chi connectivity index (χ1v) is 9.30. The number of nitro benzene ring substituents is 1. The first-order chi connectivity index (χ1) is 13.0. The fraction of sp³-hybridized carbons (Fsp3) is 0.222. The predicted molar refractivity (Wildman–Crippen MR) is 99.3 cm³/mol. The third-order valence-corrected chi connectivity index (χ3v) is 4.92. The van der Waals surface area contributed by atoms with E-state index in [-0.39, 0.29) is 30.2 Å². The zero-order valence-electron chi connectivity index (χ0n) is 14.5. The first-order valence-electron chi connectivity index (χ1n) is 8.12. The van der Waals surface area contributed by atoms with Gasteiger partial charge >= 0.3 is 0 Å². The molecule has 1 aliphatic rings. The monoisotopic (exact) mass is 387 g/mol. The van der Waals surface area contributed by atoms with Gasteiger partial charge in [0.25, 0.3) is 11.6 Å². The number of hydrogen-bond acceptors (Lipinski definition) is 6. The second-order valence-electron chi connectivity index (χ2n) is 5.78. The zero-order chi connectivity index (χ0) is 19.4. The summed E-state index contributed by atoms with van der Waals surface area (Å²) in [7, 11) is 0. The maximum atomic E-state index is 12.9. The van der Waals surface area contributed by atoms with E-state index in [0.29, 0.717) is 0 Å². The molecule has 3 rings (SSSR count). The van der Waals surface area contributed by atoms with E-state index >= 15 is 0 Å². The van der Waals surface area contributed by atoms with Crippen LogP contribution in [0, 0.1) is 10.1 Å². The molecule has 1 unspecified atom stereocenters. The highest BCUT2D eigenvalue weighted by molar-refractivity contribution is 7.96. The number of hydroxylamine groups is 2. The number of rotatable bonds is 7. The number of β-lactam (4-membered cyclic amide) rings is 1. The molecule has 1 aliphatic heterocycles. The Balaban J connectivity index is 1.80. The van der Waals surface area contributed by atoms with Crippen LogP contribution in [0.4, 0.5) is 5.69 Å². The molecule has 0 aliphatic carbocycles. The lowest BCUT2D eigenvalue weighted by molar-refractivity contribution is -0.384. The Bertz CT molecular complexity index is 844. The molecule has 2 aromatic rings. The third kappa shape index (κ3) is 4.09. The van der Waals surface area contributed by atoms with E-state index in [4.69, 9.17) is 4.84 Å². The van der Waals surface area contributed by atoms with Crippen molar-refractivity contribution in [3.8, 4) is 0 Å². The van der Waals surface area contributed by atoms with Crippen LogP contribution in [-0.4, -0.2) is 38.5 Å². The highest BCUT2D eigenvalue weighted by atomic mass is 32.2. The van der Waals surface area contributed by atoms with Gasteiger partial charge in [0, 0.05) is 24.0 Å². The van der Waals surface area contributed by atoms with Crippen molar-refractivity contribution in [3.05, 3.63) is 75.8 Å². The number of nitro groups is 1. The van der Waals surface area contributed by atoms with Gasteiger partial charge in [-0.3, -0.25) is 28.8 Å². The molecular weight excluding hydrogens is 370 g/mol. The average molecular weight is 387 g/mol. The summed E-state index contributed by atoms with van der Waals surface area (Å²) in [5.41, 5.74) is 1.02. The topological polar surface area (TPSA) is 93.0 Å². The molecule has 0 bridgehead atoms. The summed E-state index contributed by atoms with van der Waals surface area (Å²) < 4.78 is 1.47. The van der Waals surface area contributed by atoms with Crippen molar-refractivity contribution in [1.29, 1.82) is 0 Å². The SMILES string of the molecule is CSN1C(=O)CC1N(OCc1ccccc1)C(=O)c1ccc([N+](=O)[O-])cc1. The van der Waals surface area contributed by atoms with Gasteiger partial charge in [-0.25, -0.2) is 0 Å². The second-order valence-corrected chi connectivity index (χ2v) is 6.54. The van der Waals surface area contributed by atoms with Crippen LogP contribution in [0.15, 0.2) is 54.6 Å². The molecule has 1 heterocycles. The fourth-order valence-electron chi connectivity index (χ4n) is 2.64.